The molecule has 0 aromatic heterocycles. The van der Waals surface area contributed by atoms with E-state index in [1.54, 1.807) is 0 Å². The van der Waals surface area contributed by atoms with E-state index in [0.29, 0.717) is 5.69 Å². The van der Waals surface area contributed by atoms with Crippen LogP contribution in [0.3, 0.4) is 0 Å². The van der Waals surface area contributed by atoms with Gasteiger partial charge in [0.1, 0.15) is 6.54 Å². The molecule has 1 aromatic carbocycles. The maximum atomic E-state index is 11.5. The molecule has 0 saturated heterocycles. The Morgan fingerprint density at radius 2 is 1.79 bits per heavy atom. The van der Waals surface area contributed by atoms with Crippen molar-refractivity contribution in [3.05, 3.63) is 24.3 Å². The molecule has 0 saturated carbocycles. The highest BCUT2D eigenvalue weighted by atomic mass is 32.2. The Morgan fingerprint density at radius 3 is 2.21 bits per heavy atom. The number of rotatable bonds is 4. The van der Waals surface area contributed by atoms with Crippen LogP contribution in [0.1, 0.15) is 0 Å². The van der Waals surface area contributed by atoms with E-state index in [0.717, 1.165) is 11.2 Å². The molecule has 0 heterocycles. The minimum absolute atomic E-state index is 0.166. The van der Waals surface area contributed by atoms with Crippen molar-refractivity contribution < 1.29 is 18.0 Å². The lowest BCUT2D eigenvalue weighted by Gasteiger charge is -2.13. The average Bonchev–Trinajstić information content (AvgIpc) is 2.28. The monoisotopic (exact) mass is 285 g/mol. The molecule has 8 heteroatoms. The van der Waals surface area contributed by atoms with Crippen LogP contribution < -0.4 is 11.1 Å². The van der Waals surface area contributed by atoms with Crippen LogP contribution in [0.25, 0.3) is 0 Å². The molecule has 1 aromatic rings. The molecule has 19 heavy (non-hydrogen) atoms. The van der Waals surface area contributed by atoms with E-state index in [1.807, 2.05) is 0 Å². The number of amides is 3. The topological polar surface area (TPSA) is 110 Å². The third-order valence-corrected chi connectivity index (χ3v) is 3.45. The van der Waals surface area contributed by atoms with Gasteiger partial charge in [-0.05, 0) is 24.3 Å². The molecule has 0 radical (unpaired) electrons. The number of carbonyl (C=O) groups excluding carboxylic acids is 2. The largest absolute Gasteiger partial charge is 0.351 e. The number of nitrogens with two attached hydrogens (primary N) is 1. The number of primary amides is 1. The van der Waals surface area contributed by atoms with Crippen LogP contribution in [0.5, 0.6) is 0 Å². The van der Waals surface area contributed by atoms with E-state index in [4.69, 9.17) is 5.73 Å². The number of carbonyl (C=O) groups is 2. The number of anilines is 1. The van der Waals surface area contributed by atoms with E-state index in [9.17, 15) is 18.0 Å². The first-order valence-electron chi connectivity index (χ1n) is 5.30. The van der Waals surface area contributed by atoms with E-state index >= 15 is 0 Å². The van der Waals surface area contributed by atoms with Crippen molar-refractivity contribution in [3.63, 3.8) is 0 Å². The third-order valence-electron chi connectivity index (χ3n) is 2.32. The van der Waals surface area contributed by atoms with Crippen molar-refractivity contribution in [2.45, 2.75) is 4.90 Å². The Kier molecular flexibility index (Phi) is 4.49. The van der Waals surface area contributed by atoms with Gasteiger partial charge in [0.2, 0.25) is 5.91 Å². The van der Waals surface area contributed by atoms with Gasteiger partial charge in [-0.15, -0.1) is 0 Å². The van der Waals surface area contributed by atoms with Crippen LogP contribution in [-0.2, 0) is 14.6 Å². The van der Waals surface area contributed by atoms with E-state index in [1.165, 1.54) is 31.3 Å². The van der Waals surface area contributed by atoms with Gasteiger partial charge in [-0.3, -0.25) is 4.79 Å². The number of hydrogen-bond acceptors (Lipinski definition) is 4. The van der Waals surface area contributed by atoms with E-state index in [2.05, 4.69) is 5.32 Å². The van der Waals surface area contributed by atoms with Gasteiger partial charge in [-0.1, -0.05) is 0 Å². The number of likely N-dealkylation sites (N-methyl/N-ethyl adjacent to an activating group) is 1. The fourth-order valence-electron chi connectivity index (χ4n) is 1.28. The zero-order valence-corrected chi connectivity index (χ0v) is 11.4. The highest BCUT2D eigenvalue weighted by Gasteiger charge is 2.10. The summed E-state index contributed by atoms with van der Waals surface area (Å²) < 4.78 is 22.5. The summed E-state index contributed by atoms with van der Waals surface area (Å²) in [5, 5.41) is 2.52. The van der Waals surface area contributed by atoms with Gasteiger partial charge in [0.15, 0.2) is 9.84 Å². The molecule has 0 aliphatic rings. The second kappa shape index (κ2) is 5.70. The predicted molar refractivity (Wildman–Crippen MR) is 70.4 cm³/mol. The van der Waals surface area contributed by atoms with E-state index in [-0.39, 0.29) is 11.4 Å². The zero-order chi connectivity index (χ0) is 14.6. The minimum atomic E-state index is -3.26. The lowest BCUT2D eigenvalue weighted by atomic mass is 10.3. The third kappa shape index (κ3) is 4.59. The van der Waals surface area contributed by atoms with Crippen LogP contribution in [-0.4, -0.2) is 45.1 Å². The second-order valence-electron chi connectivity index (χ2n) is 4.04. The molecule has 7 nitrogen and oxygen atoms in total. The highest BCUT2D eigenvalue weighted by Crippen LogP contribution is 2.13. The summed E-state index contributed by atoms with van der Waals surface area (Å²) in [7, 11) is -1.86. The van der Waals surface area contributed by atoms with Gasteiger partial charge >= 0.3 is 6.03 Å². The van der Waals surface area contributed by atoms with Gasteiger partial charge in [-0.2, -0.15) is 0 Å². The SMILES string of the molecule is CN(CC(=O)Nc1ccc(S(C)(=O)=O)cc1)C(N)=O. The average molecular weight is 285 g/mol. The normalized spacial score (nSPS) is 10.8. The van der Waals surface area contributed by atoms with E-state index < -0.39 is 21.8 Å². The first-order chi connectivity index (χ1) is 8.70. The fraction of sp³-hybridized carbons (Fsp3) is 0.273. The number of urea groups is 1. The number of benzene rings is 1. The summed E-state index contributed by atoms with van der Waals surface area (Å²) in [5.41, 5.74) is 5.43. The number of nitrogens with zero attached hydrogens (tertiary/aromatic N) is 1. The lowest BCUT2D eigenvalue weighted by molar-refractivity contribution is -0.116. The van der Waals surface area contributed by atoms with Crippen LogP contribution in [0.4, 0.5) is 10.5 Å². The van der Waals surface area contributed by atoms with Crippen LogP contribution >= 0.6 is 0 Å². The molecule has 0 spiro atoms. The van der Waals surface area contributed by atoms with Gasteiger partial charge in [0, 0.05) is 19.0 Å². The maximum Gasteiger partial charge on any atom is 0.314 e. The maximum absolute atomic E-state index is 11.5. The van der Waals surface area contributed by atoms with Gasteiger partial charge in [0.05, 0.1) is 4.90 Å². The molecular formula is C11H15N3O4S. The Morgan fingerprint density at radius 1 is 1.26 bits per heavy atom. The van der Waals surface area contributed by atoms with Gasteiger partial charge < -0.3 is 16.0 Å². The molecular weight excluding hydrogens is 270 g/mol. The first-order valence-corrected chi connectivity index (χ1v) is 7.20. The van der Waals surface area contributed by atoms with Crippen molar-refractivity contribution in [1.29, 1.82) is 0 Å². The van der Waals surface area contributed by atoms with Crippen molar-refractivity contribution in [2.75, 3.05) is 25.2 Å². The highest BCUT2D eigenvalue weighted by molar-refractivity contribution is 7.90. The standard InChI is InChI=1S/C11H15N3O4S/c1-14(11(12)16)7-10(15)13-8-3-5-9(6-4-8)19(2,17)18/h3-6H,7H2,1-2H3,(H2,12,16)(H,13,15). The Balaban J connectivity index is 2.69. The second-order valence-corrected chi connectivity index (χ2v) is 6.05. The Hall–Kier alpha value is -2.09. The molecule has 0 fully saturated rings. The van der Waals surface area contributed by atoms with Crippen molar-refractivity contribution in [1.82, 2.24) is 4.90 Å². The summed E-state index contributed by atoms with van der Waals surface area (Å²) in [4.78, 5) is 23.5. The number of nitrogens with one attached hydrogen (secondary N) is 1. The molecule has 0 aliphatic heterocycles. The van der Waals surface area contributed by atoms with Crippen LogP contribution in [0.2, 0.25) is 0 Å². The van der Waals surface area contributed by atoms with Crippen molar-refractivity contribution >= 4 is 27.5 Å². The number of hydrogen-bond donors (Lipinski definition) is 2. The molecule has 1 rings (SSSR count). The minimum Gasteiger partial charge on any atom is -0.351 e. The summed E-state index contributed by atoms with van der Waals surface area (Å²) in [6.07, 6.45) is 1.10. The lowest BCUT2D eigenvalue weighted by Crippen LogP contribution is -2.38. The Labute approximate surface area is 111 Å². The number of sulfone groups is 1. The Bertz CT molecular complexity index is 580. The summed E-state index contributed by atoms with van der Waals surface area (Å²) in [6.45, 7) is -0.177. The summed E-state index contributed by atoms with van der Waals surface area (Å²) in [6, 6.07) is 5.02. The smallest absolute Gasteiger partial charge is 0.314 e. The zero-order valence-electron chi connectivity index (χ0n) is 10.6. The van der Waals surface area contributed by atoms with Gasteiger partial charge in [0.25, 0.3) is 0 Å². The van der Waals surface area contributed by atoms with Crippen LogP contribution in [0, 0.1) is 0 Å². The predicted octanol–water partition coefficient (Wildman–Crippen LogP) is 0.0391. The molecule has 0 atom stereocenters. The molecule has 3 N–H and O–H groups in total. The molecule has 0 bridgehead atoms. The quantitative estimate of drug-likeness (QED) is 0.813. The fourth-order valence-corrected chi connectivity index (χ4v) is 1.91. The molecule has 3 amide bonds. The molecule has 0 unspecified atom stereocenters. The summed E-state index contributed by atoms with van der Waals surface area (Å²) in [5.74, 6) is -0.423. The van der Waals surface area contributed by atoms with Crippen LogP contribution in [0.15, 0.2) is 29.2 Å². The first kappa shape index (κ1) is 15.0. The molecule has 104 valence electrons. The van der Waals surface area contributed by atoms with Gasteiger partial charge in [-0.25, -0.2) is 13.2 Å². The molecule has 0 aliphatic carbocycles. The van der Waals surface area contributed by atoms with Crippen molar-refractivity contribution in [2.24, 2.45) is 5.73 Å². The summed E-state index contributed by atoms with van der Waals surface area (Å²) >= 11 is 0. The van der Waals surface area contributed by atoms with Crippen molar-refractivity contribution in [3.8, 4) is 0 Å².